The molecule has 0 bridgehead atoms. The van der Waals surface area contributed by atoms with Gasteiger partial charge < -0.3 is 19.5 Å². The number of carbonyl (C=O) groups excluding carboxylic acids is 1. The smallest absolute Gasteiger partial charge is 0.297 e. The minimum absolute atomic E-state index is 0.0194. The Hall–Kier alpha value is -2.49. The van der Waals surface area contributed by atoms with Crippen LogP contribution in [-0.4, -0.2) is 53.3 Å². The first-order valence-corrected chi connectivity index (χ1v) is 10.3. The van der Waals surface area contributed by atoms with Gasteiger partial charge in [-0.2, -0.15) is 4.98 Å². The van der Waals surface area contributed by atoms with E-state index in [0.29, 0.717) is 12.1 Å². The van der Waals surface area contributed by atoms with Gasteiger partial charge in [-0.05, 0) is 32.6 Å². The summed E-state index contributed by atoms with van der Waals surface area (Å²) in [5.74, 6) is -0.719. The highest BCUT2D eigenvalue weighted by atomic mass is 19.3. The van der Waals surface area contributed by atoms with Crippen molar-refractivity contribution in [3.8, 4) is 11.8 Å². The van der Waals surface area contributed by atoms with Crippen molar-refractivity contribution in [2.75, 3.05) is 13.2 Å². The molecule has 1 aliphatic rings. The maximum Gasteiger partial charge on any atom is 0.297 e. The molecule has 1 heterocycles. The number of nitrogens with zero attached hydrogens (tertiary/aromatic N) is 2. The third-order valence-electron chi connectivity index (χ3n) is 5.17. The van der Waals surface area contributed by atoms with Gasteiger partial charge in [-0.15, -0.1) is 0 Å². The molecule has 10 heteroatoms. The number of alkyl halides is 2. The fraction of sp³-hybridized carbons (Fsp3) is 0.619. The van der Waals surface area contributed by atoms with Gasteiger partial charge in [0.25, 0.3) is 12.4 Å². The first kappa shape index (κ1) is 23.2. The average molecular weight is 443 g/mol. The molecule has 1 N–H and O–H groups in total. The zero-order valence-electron chi connectivity index (χ0n) is 17.9. The molecule has 0 spiro atoms. The summed E-state index contributed by atoms with van der Waals surface area (Å²) in [5.41, 5.74) is 0.508. The molecule has 3 rings (SSSR count). The molecule has 1 amide bonds. The number of aromatic nitrogens is 2. The normalized spacial score (nSPS) is 20.1. The van der Waals surface area contributed by atoms with Gasteiger partial charge in [0.1, 0.15) is 24.0 Å². The molecule has 1 atom stereocenters. The van der Waals surface area contributed by atoms with Crippen molar-refractivity contribution in [3.05, 3.63) is 17.9 Å². The third-order valence-corrected chi connectivity index (χ3v) is 5.17. The highest BCUT2D eigenvalue weighted by Gasteiger charge is 2.25. The second-order valence-corrected chi connectivity index (χ2v) is 7.88. The molecule has 0 aliphatic heterocycles. The van der Waals surface area contributed by atoms with Crippen molar-refractivity contribution in [1.82, 2.24) is 14.9 Å². The lowest BCUT2D eigenvalue weighted by Gasteiger charge is -2.29. The van der Waals surface area contributed by atoms with Crippen molar-refractivity contribution in [2.24, 2.45) is 7.05 Å². The molecule has 7 nitrogen and oxygen atoms in total. The summed E-state index contributed by atoms with van der Waals surface area (Å²) in [7, 11) is 1.68. The molecule has 1 aromatic carbocycles. The number of hydrogen-bond donors (Lipinski definition) is 1. The molecular weight excluding hydrogens is 415 g/mol. The van der Waals surface area contributed by atoms with E-state index in [4.69, 9.17) is 14.2 Å². The van der Waals surface area contributed by atoms with Crippen LogP contribution in [0.4, 0.5) is 13.2 Å². The summed E-state index contributed by atoms with van der Waals surface area (Å²) in [6.45, 7) is 3.02. The number of benzene rings is 1. The number of ether oxygens (including phenoxy) is 3. The van der Waals surface area contributed by atoms with Crippen LogP contribution in [0.2, 0.25) is 0 Å². The lowest BCUT2D eigenvalue weighted by Crippen LogP contribution is -2.37. The van der Waals surface area contributed by atoms with E-state index < -0.39 is 18.8 Å². The first-order valence-electron chi connectivity index (χ1n) is 10.3. The largest absolute Gasteiger partial charge is 0.487 e. The molecule has 1 aromatic heterocycles. The summed E-state index contributed by atoms with van der Waals surface area (Å²) < 4.78 is 57.5. The topological polar surface area (TPSA) is 74.6 Å². The number of imidazole rings is 1. The van der Waals surface area contributed by atoms with E-state index in [2.05, 4.69) is 10.3 Å². The Labute approximate surface area is 178 Å². The average Bonchev–Trinajstić information content (AvgIpc) is 3.02. The number of halogens is 3. The third kappa shape index (κ3) is 6.25. The summed E-state index contributed by atoms with van der Waals surface area (Å²) in [4.78, 5) is 15.3. The number of amides is 1. The van der Waals surface area contributed by atoms with E-state index in [9.17, 15) is 18.0 Å². The molecular formula is C21H28F3N3O4. The first-order chi connectivity index (χ1) is 14.7. The van der Waals surface area contributed by atoms with Crippen LogP contribution < -0.4 is 14.8 Å². The number of nitrogens with one attached hydrogen (secondary N) is 1. The maximum atomic E-state index is 14.4. The molecule has 31 heavy (non-hydrogen) atoms. The fourth-order valence-corrected chi connectivity index (χ4v) is 3.68. The Morgan fingerprint density at radius 1 is 1.23 bits per heavy atom. The van der Waals surface area contributed by atoms with Crippen LogP contribution in [0.3, 0.4) is 0 Å². The SMILES string of the molecule is CC(=O)N[C@@H](C)COC1CCC(Oc2nc3c(F)cc(OCC(F)F)cc3n2C)CC1. The van der Waals surface area contributed by atoms with E-state index >= 15 is 0 Å². The van der Waals surface area contributed by atoms with Crippen LogP contribution in [0.1, 0.15) is 39.5 Å². The minimum atomic E-state index is -2.64. The van der Waals surface area contributed by atoms with Gasteiger partial charge in [0, 0.05) is 32.1 Å². The summed E-state index contributed by atoms with van der Waals surface area (Å²) in [6, 6.07) is 2.74. The quantitative estimate of drug-likeness (QED) is 0.641. The van der Waals surface area contributed by atoms with Gasteiger partial charge in [-0.25, -0.2) is 13.2 Å². The van der Waals surface area contributed by atoms with E-state index in [0.717, 1.165) is 31.7 Å². The molecule has 1 aliphatic carbocycles. The summed E-state index contributed by atoms with van der Waals surface area (Å²) >= 11 is 0. The number of carbonyl (C=O) groups is 1. The van der Waals surface area contributed by atoms with Crippen molar-refractivity contribution in [1.29, 1.82) is 0 Å². The predicted octanol–water partition coefficient (Wildman–Crippen LogP) is 3.59. The number of rotatable bonds is 9. The van der Waals surface area contributed by atoms with Gasteiger partial charge in [0.05, 0.1) is 18.2 Å². The van der Waals surface area contributed by atoms with Crippen molar-refractivity contribution in [2.45, 2.75) is 64.2 Å². The van der Waals surface area contributed by atoms with Crippen LogP contribution >= 0.6 is 0 Å². The highest BCUT2D eigenvalue weighted by molar-refractivity contribution is 5.79. The van der Waals surface area contributed by atoms with Crippen LogP contribution in [0.5, 0.6) is 11.8 Å². The summed E-state index contributed by atoms with van der Waals surface area (Å²) in [6.07, 6.45) is 0.505. The molecule has 0 unspecified atom stereocenters. The Bertz CT molecular complexity index is 898. The van der Waals surface area contributed by atoms with Gasteiger partial charge in [0.2, 0.25) is 5.91 Å². The molecule has 0 radical (unpaired) electrons. The second-order valence-electron chi connectivity index (χ2n) is 7.88. The highest BCUT2D eigenvalue weighted by Crippen LogP contribution is 2.30. The number of hydrogen-bond acceptors (Lipinski definition) is 5. The Balaban J connectivity index is 1.57. The maximum absolute atomic E-state index is 14.4. The van der Waals surface area contributed by atoms with E-state index in [1.165, 1.54) is 13.0 Å². The molecule has 0 saturated heterocycles. The molecule has 2 aromatic rings. The van der Waals surface area contributed by atoms with E-state index in [1.54, 1.807) is 11.6 Å². The lowest BCUT2D eigenvalue weighted by molar-refractivity contribution is -0.120. The predicted molar refractivity (Wildman–Crippen MR) is 108 cm³/mol. The van der Waals surface area contributed by atoms with E-state index in [1.807, 2.05) is 6.92 Å². The Kier molecular flexibility index (Phi) is 7.64. The van der Waals surface area contributed by atoms with E-state index in [-0.39, 0.29) is 41.4 Å². The number of fused-ring (bicyclic) bond motifs is 1. The Morgan fingerprint density at radius 2 is 1.90 bits per heavy atom. The fourth-order valence-electron chi connectivity index (χ4n) is 3.68. The van der Waals surface area contributed by atoms with Crippen molar-refractivity contribution < 1.29 is 32.2 Å². The van der Waals surface area contributed by atoms with Crippen LogP contribution in [-0.2, 0) is 16.6 Å². The van der Waals surface area contributed by atoms with Gasteiger partial charge in [-0.3, -0.25) is 9.36 Å². The standard InChI is InChI=1S/C21H28F3N3O4/c1-12(25-13(2)28)10-29-14-4-6-15(7-5-14)31-21-26-20-17(22)8-16(30-11-19(23)24)9-18(20)27(21)3/h8-9,12,14-15,19H,4-7,10-11H2,1-3H3,(H,25,28)/t12-,14?,15?/m0/s1. The van der Waals surface area contributed by atoms with Crippen LogP contribution in [0.25, 0.3) is 11.0 Å². The minimum Gasteiger partial charge on any atom is -0.487 e. The molecule has 1 saturated carbocycles. The van der Waals surface area contributed by atoms with Crippen LogP contribution in [0.15, 0.2) is 12.1 Å². The van der Waals surface area contributed by atoms with Crippen molar-refractivity contribution in [3.63, 3.8) is 0 Å². The molecule has 1 fully saturated rings. The number of aryl methyl sites for hydroxylation is 1. The lowest BCUT2D eigenvalue weighted by atomic mass is 9.95. The van der Waals surface area contributed by atoms with Gasteiger partial charge >= 0.3 is 0 Å². The zero-order chi connectivity index (χ0) is 22.5. The van der Waals surface area contributed by atoms with Gasteiger partial charge in [-0.1, -0.05) is 0 Å². The van der Waals surface area contributed by atoms with Crippen molar-refractivity contribution >= 4 is 16.9 Å². The zero-order valence-corrected chi connectivity index (χ0v) is 17.9. The molecule has 172 valence electrons. The monoisotopic (exact) mass is 443 g/mol. The van der Waals surface area contributed by atoms with Crippen LogP contribution in [0, 0.1) is 5.82 Å². The Morgan fingerprint density at radius 3 is 2.55 bits per heavy atom. The second kappa shape index (κ2) is 10.2. The van der Waals surface area contributed by atoms with Gasteiger partial charge in [0.15, 0.2) is 5.82 Å². The summed E-state index contributed by atoms with van der Waals surface area (Å²) in [5, 5.41) is 2.79.